The van der Waals surface area contributed by atoms with Crippen LogP contribution in [0.4, 0.5) is 0 Å². The van der Waals surface area contributed by atoms with Crippen molar-refractivity contribution in [2.24, 2.45) is 5.92 Å². The lowest BCUT2D eigenvalue weighted by atomic mass is 9.90. The molecule has 0 spiro atoms. The highest BCUT2D eigenvalue weighted by Crippen LogP contribution is 2.39. The molecule has 1 unspecified atom stereocenters. The molecular formula is C12H24O3Si. The minimum Gasteiger partial charge on any atom is -0.411 e. The molecule has 0 aromatic carbocycles. The van der Waals surface area contributed by atoms with Crippen molar-refractivity contribution in [1.82, 2.24) is 0 Å². The Kier molecular flexibility index (Phi) is 3.46. The molecule has 16 heavy (non-hydrogen) atoms. The Labute approximate surface area is 99.6 Å². The van der Waals surface area contributed by atoms with Gasteiger partial charge in [-0.2, -0.15) is 0 Å². The topological polar surface area (TPSA) is 27.7 Å². The number of rotatable bonds is 5. The highest BCUT2D eigenvalue weighted by molar-refractivity contribution is 6.74. The Bertz CT molecular complexity index is 249. The lowest BCUT2D eigenvalue weighted by molar-refractivity contribution is -0.125. The maximum absolute atomic E-state index is 6.56. The molecule has 94 valence electrons. The van der Waals surface area contributed by atoms with Crippen LogP contribution in [0.25, 0.3) is 0 Å². The van der Waals surface area contributed by atoms with Crippen LogP contribution in [0, 0.1) is 5.92 Å². The summed E-state index contributed by atoms with van der Waals surface area (Å²) in [5.41, 5.74) is 0.669. The molecule has 4 heteroatoms. The summed E-state index contributed by atoms with van der Waals surface area (Å²) in [6, 6.07) is 1.18. The van der Waals surface area contributed by atoms with Crippen molar-refractivity contribution in [1.29, 1.82) is 0 Å². The Morgan fingerprint density at radius 2 is 1.75 bits per heavy atom. The van der Waals surface area contributed by atoms with E-state index in [0.717, 1.165) is 26.4 Å². The fourth-order valence-corrected chi connectivity index (χ4v) is 5.55. The second-order valence-electron chi connectivity index (χ2n) is 5.84. The first-order chi connectivity index (χ1) is 7.48. The van der Waals surface area contributed by atoms with Gasteiger partial charge in [-0.1, -0.05) is 6.92 Å². The van der Waals surface area contributed by atoms with E-state index in [9.17, 15) is 0 Å². The van der Waals surface area contributed by atoms with Crippen molar-refractivity contribution >= 4 is 8.32 Å². The summed E-state index contributed by atoms with van der Waals surface area (Å²) >= 11 is 0. The van der Waals surface area contributed by atoms with Gasteiger partial charge in [0.05, 0.1) is 32.0 Å². The quantitative estimate of drug-likeness (QED) is 0.695. The van der Waals surface area contributed by atoms with Crippen LogP contribution in [-0.4, -0.2) is 40.3 Å². The standard InChI is InChI=1S/C12H24O3Si/c1-5-16(4,11-8-14-9-11)15-12(2,3)10-6-13-7-10/h10-11H,5-9H2,1-4H3. The third-order valence-corrected chi connectivity index (χ3v) is 8.78. The van der Waals surface area contributed by atoms with Crippen molar-refractivity contribution in [3.63, 3.8) is 0 Å². The van der Waals surface area contributed by atoms with Gasteiger partial charge < -0.3 is 13.9 Å². The van der Waals surface area contributed by atoms with Gasteiger partial charge in [0.2, 0.25) is 0 Å². The molecule has 2 fully saturated rings. The predicted octanol–water partition coefficient (Wildman–Crippen LogP) is 2.42. The minimum atomic E-state index is -1.60. The predicted molar refractivity (Wildman–Crippen MR) is 66.1 cm³/mol. The highest BCUT2D eigenvalue weighted by atomic mass is 28.4. The summed E-state index contributed by atoms with van der Waals surface area (Å²) in [5, 5.41) is 0. The molecule has 0 aromatic heterocycles. The SMILES string of the molecule is CC[Si](C)(OC(C)(C)C1COC1)C1COC1. The van der Waals surface area contributed by atoms with Crippen LogP contribution in [0.3, 0.4) is 0 Å². The van der Waals surface area contributed by atoms with Gasteiger partial charge in [-0.05, 0) is 26.4 Å². The van der Waals surface area contributed by atoms with Crippen molar-refractivity contribution in [2.45, 2.75) is 44.5 Å². The maximum atomic E-state index is 6.56. The van der Waals surface area contributed by atoms with Crippen LogP contribution >= 0.6 is 0 Å². The number of hydrogen-bond donors (Lipinski definition) is 0. The summed E-state index contributed by atoms with van der Waals surface area (Å²) in [5.74, 6) is 0.576. The van der Waals surface area contributed by atoms with Crippen molar-refractivity contribution in [3.05, 3.63) is 0 Å². The van der Waals surface area contributed by atoms with Gasteiger partial charge in [0, 0.05) is 11.5 Å². The van der Waals surface area contributed by atoms with Gasteiger partial charge in [-0.3, -0.25) is 0 Å². The van der Waals surface area contributed by atoms with Gasteiger partial charge in [0.25, 0.3) is 0 Å². The maximum Gasteiger partial charge on any atom is 0.197 e. The zero-order valence-corrected chi connectivity index (χ0v) is 11.9. The van der Waals surface area contributed by atoms with Crippen molar-refractivity contribution in [2.75, 3.05) is 26.4 Å². The van der Waals surface area contributed by atoms with Gasteiger partial charge in [-0.15, -0.1) is 0 Å². The van der Waals surface area contributed by atoms with Crippen molar-refractivity contribution < 1.29 is 13.9 Å². The van der Waals surface area contributed by atoms with E-state index in [1.165, 1.54) is 6.04 Å². The van der Waals surface area contributed by atoms with E-state index in [-0.39, 0.29) is 5.60 Å². The number of ether oxygens (including phenoxy) is 2. The molecule has 2 aliphatic rings. The third-order valence-electron chi connectivity index (χ3n) is 4.32. The Morgan fingerprint density at radius 1 is 1.19 bits per heavy atom. The first-order valence-corrected chi connectivity index (χ1v) is 9.03. The molecule has 0 aromatic rings. The van der Waals surface area contributed by atoms with Crippen LogP contribution in [0.15, 0.2) is 0 Å². The summed E-state index contributed by atoms with van der Waals surface area (Å²) in [6.45, 7) is 12.6. The fourth-order valence-electron chi connectivity index (χ4n) is 2.35. The molecule has 2 heterocycles. The second kappa shape index (κ2) is 4.41. The molecule has 2 rings (SSSR count). The summed E-state index contributed by atoms with van der Waals surface area (Å²) < 4.78 is 17.2. The molecule has 2 aliphatic heterocycles. The van der Waals surface area contributed by atoms with Crippen LogP contribution < -0.4 is 0 Å². The van der Waals surface area contributed by atoms with E-state index in [1.54, 1.807) is 0 Å². The smallest absolute Gasteiger partial charge is 0.197 e. The minimum absolute atomic E-state index is 0.0230. The average Bonchev–Trinajstić information content (AvgIpc) is 1.94. The van der Waals surface area contributed by atoms with E-state index in [4.69, 9.17) is 13.9 Å². The monoisotopic (exact) mass is 244 g/mol. The van der Waals surface area contributed by atoms with Gasteiger partial charge >= 0.3 is 0 Å². The van der Waals surface area contributed by atoms with Gasteiger partial charge in [-0.25, -0.2) is 0 Å². The molecule has 1 atom stereocenters. The highest BCUT2D eigenvalue weighted by Gasteiger charge is 2.47. The molecule has 0 radical (unpaired) electrons. The lowest BCUT2D eigenvalue weighted by Gasteiger charge is -2.49. The molecule has 0 N–H and O–H groups in total. The molecular weight excluding hydrogens is 220 g/mol. The first-order valence-electron chi connectivity index (χ1n) is 6.33. The lowest BCUT2D eigenvalue weighted by Crippen LogP contribution is -2.57. The zero-order chi connectivity index (χ0) is 11.8. The van der Waals surface area contributed by atoms with Crippen molar-refractivity contribution in [3.8, 4) is 0 Å². The Balaban J connectivity index is 1.98. The van der Waals surface area contributed by atoms with E-state index in [0.29, 0.717) is 11.5 Å². The largest absolute Gasteiger partial charge is 0.411 e. The Morgan fingerprint density at radius 3 is 2.06 bits per heavy atom. The third kappa shape index (κ3) is 2.21. The molecule has 0 amide bonds. The van der Waals surface area contributed by atoms with Crippen LogP contribution in [0.1, 0.15) is 20.8 Å². The number of hydrogen-bond acceptors (Lipinski definition) is 3. The first kappa shape index (κ1) is 12.6. The van der Waals surface area contributed by atoms with E-state index in [1.807, 2.05) is 0 Å². The fraction of sp³-hybridized carbons (Fsp3) is 1.00. The second-order valence-corrected chi connectivity index (χ2v) is 10.2. The summed E-state index contributed by atoms with van der Waals surface area (Å²) in [4.78, 5) is 0. The molecule has 3 nitrogen and oxygen atoms in total. The van der Waals surface area contributed by atoms with E-state index >= 15 is 0 Å². The normalized spacial score (nSPS) is 27.0. The molecule has 2 saturated heterocycles. The van der Waals surface area contributed by atoms with Gasteiger partial charge in [0.15, 0.2) is 8.32 Å². The van der Waals surface area contributed by atoms with Crippen LogP contribution in [0.5, 0.6) is 0 Å². The van der Waals surface area contributed by atoms with Crippen LogP contribution in [0.2, 0.25) is 18.1 Å². The average molecular weight is 244 g/mol. The zero-order valence-electron chi connectivity index (χ0n) is 10.9. The summed E-state index contributed by atoms with van der Waals surface area (Å²) in [7, 11) is -1.60. The molecule has 0 aliphatic carbocycles. The van der Waals surface area contributed by atoms with Gasteiger partial charge in [0.1, 0.15) is 0 Å². The summed E-state index contributed by atoms with van der Waals surface area (Å²) in [6.07, 6.45) is 0. The van der Waals surface area contributed by atoms with E-state index in [2.05, 4.69) is 27.3 Å². The van der Waals surface area contributed by atoms with E-state index < -0.39 is 8.32 Å². The van der Waals surface area contributed by atoms with Crippen LogP contribution in [-0.2, 0) is 13.9 Å². The molecule has 0 saturated carbocycles. The Hall–Kier alpha value is 0.0969. The molecule has 0 bridgehead atoms.